The highest BCUT2D eigenvalue weighted by molar-refractivity contribution is 7.14. The van der Waals surface area contributed by atoms with Crippen LogP contribution in [0.1, 0.15) is 6.92 Å². The summed E-state index contributed by atoms with van der Waals surface area (Å²) in [7, 11) is 2.26. The lowest BCUT2D eigenvalue weighted by molar-refractivity contribution is -0.119. The fourth-order valence-electron chi connectivity index (χ4n) is 0.905. The maximum Gasteiger partial charge on any atom is 0.413 e. The number of amides is 2. The van der Waals surface area contributed by atoms with Crippen molar-refractivity contribution in [3.05, 3.63) is 0 Å². The number of hydrogen-bond donors (Lipinski definition) is 1. The lowest BCUT2D eigenvalue weighted by Gasteiger charge is -2.07. The van der Waals surface area contributed by atoms with E-state index in [0.29, 0.717) is 13.1 Å². The van der Waals surface area contributed by atoms with Crippen molar-refractivity contribution in [2.24, 2.45) is 0 Å². The number of carbonyl (C=O) groups excluding carboxylic acids is 2. The van der Waals surface area contributed by atoms with Crippen LogP contribution in [0.25, 0.3) is 0 Å². The molecule has 0 aromatic carbocycles. The van der Waals surface area contributed by atoms with E-state index in [1.165, 1.54) is 11.6 Å². The van der Waals surface area contributed by atoms with Gasteiger partial charge in [0.05, 0.1) is 13.1 Å². The largest absolute Gasteiger partial charge is 0.442 e. The normalized spacial score (nSPS) is 22.3. The fourth-order valence-corrected chi connectivity index (χ4v) is 1.20. The summed E-state index contributed by atoms with van der Waals surface area (Å²) in [5.74, 6) is -0.117. The SMILES string of the molecule is CC(=O)NC[C@H]1CN(P)C(=O)O1. The van der Waals surface area contributed by atoms with Gasteiger partial charge in [-0.1, -0.05) is 0 Å². The van der Waals surface area contributed by atoms with E-state index in [0.717, 1.165) is 0 Å². The third kappa shape index (κ3) is 2.34. The average molecular weight is 190 g/mol. The minimum atomic E-state index is -0.365. The molecule has 1 heterocycles. The Bertz CT molecular complexity index is 209. The summed E-state index contributed by atoms with van der Waals surface area (Å²) < 4.78 is 6.27. The van der Waals surface area contributed by atoms with Gasteiger partial charge < -0.3 is 10.1 Å². The zero-order valence-corrected chi connectivity index (χ0v) is 7.90. The van der Waals surface area contributed by atoms with Crippen molar-refractivity contribution < 1.29 is 14.3 Å². The summed E-state index contributed by atoms with van der Waals surface area (Å²) in [6.45, 7) is 2.31. The van der Waals surface area contributed by atoms with Crippen LogP contribution in [-0.4, -0.2) is 35.9 Å². The molecule has 2 amide bonds. The molecule has 5 nitrogen and oxygen atoms in total. The molecule has 1 N–H and O–H groups in total. The number of nitrogens with one attached hydrogen (secondary N) is 1. The molecule has 2 atom stereocenters. The molecule has 1 aliphatic heterocycles. The topological polar surface area (TPSA) is 58.6 Å². The Labute approximate surface area is 72.7 Å². The van der Waals surface area contributed by atoms with Crippen LogP contribution in [0.5, 0.6) is 0 Å². The van der Waals surface area contributed by atoms with Crippen LogP contribution in [0.4, 0.5) is 4.79 Å². The van der Waals surface area contributed by atoms with E-state index < -0.39 is 0 Å². The first kappa shape index (κ1) is 9.26. The zero-order valence-electron chi connectivity index (χ0n) is 6.74. The molecule has 0 radical (unpaired) electrons. The van der Waals surface area contributed by atoms with Gasteiger partial charge in [-0.2, -0.15) is 0 Å². The molecule has 1 fully saturated rings. The number of hydrogen-bond acceptors (Lipinski definition) is 3. The smallest absolute Gasteiger partial charge is 0.413 e. The van der Waals surface area contributed by atoms with Crippen molar-refractivity contribution in [3.63, 3.8) is 0 Å². The molecule has 1 saturated heterocycles. The first-order chi connectivity index (χ1) is 5.59. The highest BCUT2D eigenvalue weighted by Gasteiger charge is 2.28. The Morgan fingerprint density at radius 2 is 2.58 bits per heavy atom. The molecule has 0 aromatic heterocycles. The Balaban J connectivity index is 2.28. The van der Waals surface area contributed by atoms with Crippen LogP contribution in [0.3, 0.4) is 0 Å². The Morgan fingerprint density at radius 3 is 3.00 bits per heavy atom. The van der Waals surface area contributed by atoms with Crippen molar-refractivity contribution in [1.82, 2.24) is 9.99 Å². The maximum absolute atomic E-state index is 10.8. The number of carbonyl (C=O) groups is 2. The molecule has 0 bridgehead atoms. The van der Waals surface area contributed by atoms with Gasteiger partial charge in [0.15, 0.2) is 0 Å². The maximum atomic E-state index is 10.8. The highest BCUT2D eigenvalue weighted by atomic mass is 31.0. The van der Waals surface area contributed by atoms with E-state index in [2.05, 4.69) is 14.7 Å². The molecule has 0 aromatic rings. The Kier molecular flexibility index (Phi) is 2.87. The van der Waals surface area contributed by atoms with Gasteiger partial charge in [0.1, 0.15) is 6.10 Å². The number of ether oxygens (including phenoxy) is 1. The van der Waals surface area contributed by atoms with Crippen LogP contribution < -0.4 is 5.32 Å². The lowest BCUT2D eigenvalue weighted by atomic mass is 10.3. The van der Waals surface area contributed by atoms with Crippen molar-refractivity contribution in [1.29, 1.82) is 0 Å². The fraction of sp³-hybridized carbons (Fsp3) is 0.667. The average Bonchev–Trinajstić information content (AvgIpc) is 2.28. The monoisotopic (exact) mass is 190 g/mol. The Hall–Kier alpha value is -0.830. The molecule has 0 spiro atoms. The van der Waals surface area contributed by atoms with E-state index >= 15 is 0 Å². The Morgan fingerprint density at radius 1 is 1.92 bits per heavy atom. The second-order valence-corrected chi connectivity index (χ2v) is 3.22. The summed E-state index contributed by atoms with van der Waals surface area (Å²) in [4.78, 5) is 21.3. The zero-order chi connectivity index (χ0) is 9.14. The van der Waals surface area contributed by atoms with E-state index in [-0.39, 0.29) is 18.1 Å². The molecule has 1 unspecified atom stereocenters. The molecular formula is C6H11N2O3P. The third-order valence-corrected chi connectivity index (χ3v) is 1.90. The summed E-state index contributed by atoms with van der Waals surface area (Å²) in [5.41, 5.74) is 0. The highest BCUT2D eigenvalue weighted by Crippen LogP contribution is 2.13. The van der Waals surface area contributed by atoms with Crippen molar-refractivity contribution in [2.45, 2.75) is 13.0 Å². The lowest BCUT2D eigenvalue weighted by Crippen LogP contribution is -2.32. The minimum absolute atomic E-state index is 0.117. The van der Waals surface area contributed by atoms with Crippen molar-refractivity contribution in [2.75, 3.05) is 13.1 Å². The van der Waals surface area contributed by atoms with Gasteiger partial charge in [-0.15, -0.1) is 0 Å². The predicted molar refractivity (Wildman–Crippen MR) is 45.4 cm³/mol. The van der Waals surface area contributed by atoms with E-state index in [4.69, 9.17) is 4.74 Å². The van der Waals surface area contributed by atoms with E-state index in [9.17, 15) is 9.59 Å². The second-order valence-electron chi connectivity index (χ2n) is 2.60. The molecular weight excluding hydrogens is 179 g/mol. The molecule has 1 aliphatic rings. The van der Waals surface area contributed by atoms with Crippen molar-refractivity contribution >= 4 is 21.4 Å². The summed E-state index contributed by atoms with van der Waals surface area (Å²) in [5, 5.41) is 2.58. The first-order valence-electron chi connectivity index (χ1n) is 3.57. The van der Waals surface area contributed by atoms with Gasteiger partial charge in [0.25, 0.3) is 0 Å². The number of cyclic esters (lactones) is 1. The van der Waals surface area contributed by atoms with Crippen LogP contribution in [0.15, 0.2) is 0 Å². The molecule has 6 heteroatoms. The van der Waals surface area contributed by atoms with Gasteiger partial charge >= 0.3 is 6.09 Å². The second kappa shape index (κ2) is 3.72. The van der Waals surface area contributed by atoms with E-state index in [1.54, 1.807) is 0 Å². The first-order valence-corrected chi connectivity index (χ1v) is 4.08. The van der Waals surface area contributed by atoms with Gasteiger partial charge in [-0.3, -0.25) is 9.46 Å². The summed E-state index contributed by atoms with van der Waals surface area (Å²) >= 11 is 0. The van der Waals surface area contributed by atoms with E-state index in [1.807, 2.05) is 0 Å². The molecule has 68 valence electrons. The number of nitrogens with zero attached hydrogens (tertiary/aromatic N) is 1. The van der Waals surface area contributed by atoms with Gasteiger partial charge in [0.2, 0.25) is 5.91 Å². The third-order valence-electron chi connectivity index (χ3n) is 1.48. The molecule has 0 aliphatic carbocycles. The van der Waals surface area contributed by atoms with Gasteiger partial charge in [0, 0.05) is 6.92 Å². The predicted octanol–water partition coefficient (Wildman–Crippen LogP) is -0.267. The molecule has 1 rings (SSSR count). The van der Waals surface area contributed by atoms with Crippen LogP contribution in [0.2, 0.25) is 0 Å². The summed E-state index contributed by atoms with van der Waals surface area (Å²) in [6.07, 6.45) is -0.589. The molecule has 12 heavy (non-hydrogen) atoms. The minimum Gasteiger partial charge on any atom is -0.442 e. The van der Waals surface area contributed by atoms with Crippen LogP contribution >= 0.6 is 9.39 Å². The van der Waals surface area contributed by atoms with Gasteiger partial charge in [-0.05, 0) is 9.39 Å². The van der Waals surface area contributed by atoms with Crippen LogP contribution in [0, 0.1) is 0 Å². The number of rotatable bonds is 2. The van der Waals surface area contributed by atoms with Gasteiger partial charge in [-0.25, -0.2) is 4.79 Å². The van der Waals surface area contributed by atoms with Crippen LogP contribution in [-0.2, 0) is 9.53 Å². The summed E-state index contributed by atoms with van der Waals surface area (Å²) in [6, 6.07) is 0. The quantitative estimate of drug-likeness (QED) is 0.610. The molecule has 0 saturated carbocycles. The standard InChI is InChI=1S/C6H11N2O3P/c1-4(9)7-2-5-3-8(12)6(10)11-5/h5H,2-3,12H2,1H3,(H,7,9)/t5-/m0/s1. The van der Waals surface area contributed by atoms with Crippen molar-refractivity contribution in [3.8, 4) is 0 Å².